The van der Waals surface area contributed by atoms with Crippen molar-refractivity contribution in [2.24, 2.45) is 0 Å². The first-order chi connectivity index (χ1) is 14.0. The van der Waals surface area contributed by atoms with Crippen molar-refractivity contribution in [3.63, 3.8) is 0 Å². The zero-order valence-corrected chi connectivity index (χ0v) is 16.0. The van der Waals surface area contributed by atoms with E-state index in [1.165, 1.54) is 6.07 Å². The first kappa shape index (κ1) is 17.5. The molecule has 1 amide bonds. The maximum Gasteiger partial charge on any atom is 0.256 e. The fourth-order valence-electron chi connectivity index (χ4n) is 4.00. The molecule has 0 bridgehead atoms. The van der Waals surface area contributed by atoms with E-state index >= 15 is 4.39 Å². The lowest BCUT2D eigenvalue weighted by Gasteiger charge is -2.22. The summed E-state index contributed by atoms with van der Waals surface area (Å²) in [6.07, 6.45) is 5.22. The Labute approximate surface area is 166 Å². The van der Waals surface area contributed by atoms with E-state index in [4.69, 9.17) is 4.74 Å². The molecule has 3 N–H and O–H groups in total. The lowest BCUT2D eigenvalue weighted by atomic mass is 9.90. The van der Waals surface area contributed by atoms with Crippen molar-refractivity contribution in [1.82, 2.24) is 9.97 Å². The zero-order valence-electron chi connectivity index (χ0n) is 16.0. The van der Waals surface area contributed by atoms with Crippen LogP contribution in [0.2, 0.25) is 0 Å². The third kappa shape index (κ3) is 2.69. The number of amides is 1. The van der Waals surface area contributed by atoms with Crippen molar-refractivity contribution < 1.29 is 13.9 Å². The van der Waals surface area contributed by atoms with Gasteiger partial charge in [0, 0.05) is 35.8 Å². The molecule has 0 aliphatic carbocycles. The largest absolute Gasteiger partial charge is 0.474 e. The monoisotopic (exact) mass is 390 g/mol. The number of hydrogen-bond acceptors (Lipinski definition) is 4. The summed E-state index contributed by atoms with van der Waals surface area (Å²) in [6.45, 7) is 5.12. The number of fused-ring (bicyclic) bond motifs is 2. The molecule has 0 saturated carbocycles. The Balaban J connectivity index is 1.71. The number of benzene rings is 1. The van der Waals surface area contributed by atoms with Gasteiger partial charge in [-0.3, -0.25) is 4.79 Å². The van der Waals surface area contributed by atoms with Crippen molar-refractivity contribution >= 4 is 28.9 Å². The van der Waals surface area contributed by atoms with Crippen LogP contribution in [0.25, 0.3) is 22.8 Å². The van der Waals surface area contributed by atoms with Gasteiger partial charge in [-0.05, 0) is 54.8 Å². The Morgan fingerprint density at radius 2 is 2.07 bits per heavy atom. The van der Waals surface area contributed by atoms with E-state index in [1.807, 2.05) is 26.0 Å². The third-order valence-electron chi connectivity index (χ3n) is 5.45. The first-order valence-electron chi connectivity index (χ1n) is 9.41. The predicted octanol–water partition coefficient (Wildman–Crippen LogP) is 4.13. The molecule has 29 heavy (non-hydrogen) atoms. The van der Waals surface area contributed by atoms with Crippen LogP contribution in [0.4, 0.5) is 15.8 Å². The minimum absolute atomic E-state index is 0.221. The predicted molar refractivity (Wildman–Crippen MR) is 110 cm³/mol. The Kier molecular flexibility index (Phi) is 3.91. The number of halogens is 1. The molecule has 7 heteroatoms. The van der Waals surface area contributed by atoms with Crippen LogP contribution in [0.1, 0.15) is 22.4 Å². The molecule has 146 valence electrons. The highest BCUT2D eigenvalue weighted by atomic mass is 19.1. The van der Waals surface area contributed by atoms with Gasteiger partial charge in [0.2, 0.25) is 5.88 Å². The van der Waals surface area contributed by atoms with Crippen LogP contribution in [0.3, 0.4) is 0 Å². The lowest BCUT2D eigenvalue weighted by Crippen LogP contribution is -2.20. The summed E-state index contributed by atoms with van der Waals surface area (Å²) in [6, 6.07) is 5.17. The Morgan fingerprint density at radius 3 is 2.86 bits per heavy atom. The van der Waals surface area contributed by atoms with Gasteiger partial charge in [0.05, 0.1) is 11.3 Å². The summed E-state index contributed by atoms with van der Waals surface area (Å²) in [5.74, 6) is -0.227. The maximum atomic E-state index is 15.0. The van der Waals surface area contributed by atoms with E-state index in [9.17, 15) is 4.79 Å². The number of pyridine rings is 1. The van der Waals surface area contributed by atoms with E-state index in [-0.39, 0.29) is 11.6 Å². The van der Waals surface area contributed by atoms with Crippen molar-refractivity contribution in [2.75, 3.05) is 23.8 Å². The molecule has 0 fully saturated rings. The quantitative estimate of drug-likeness (QED) is 0.575. The lowest BCUT2D eigenvalue weighted by molar-refractivity contribution is -0.110. The summed E-state index contributed by atoms with van der Waals surface area (Å²) in [5.41, 5.74) is 6.11. The van der Waals surface area contributed by atoms with Gasteiger partial charge >= 0.3 is 0 Å². The Bertz CT molecular complexity index is 1180. The molecule has 2 aromatic heterocycles. The standard InChI is InChI=1S/C22H19FN4O2/c1-11-14(16-10-26-22-19(12(16)2)25-6-7-29-22)9-17(23)20-18(11)15(21(28)27-20)8-13-4-3-5-24-13/h3-5,8-10,24-25H,6-7H2,1-2H3,(H,27,28). The number of hydrogen-bond donors (Lipinski definition) is 3. The summed E-state index contributed by atoms with van der Waals surface area (Å²) < 4.78 is 20.6. The molecule has 4 heterocycles. The van der Waals surface area contributed by atoms with Gasteiger partial charge in [0.1, 0.15) is 18.1 Å². The van der Waals surface area contributed by atoms with Gasteiger partial charge in [-0.2, -0.15) is 0 Å². The molecule has 0 spiro atoms. The number of aromatic amines is 1. The number of rotatable bonds is 2. The first-order valence-corrected chi connectivity index (χ1v) is 9.41. The van der Waals surface area contributed by atoms with Gasteiger partial charge < -0.3 is 20.4 Å². The summed E-state index contributed by atoms with van der Waals surface area (Å²) >= 11 is 0. The molecule has 3 aromatic rings. The average molecular weight is 390 g/mol. The molecule has 0 unspecified atom stereocenters. The summed E-state index contributed by atoms with van der Waals surface area (Å²) in [4.78, 5) is 20.0. The minimum atomic E-state index is -0.467. The van der Waals surface area contributed by atoms with Gasteiger partial charge in [0.15, 0.2) is 0 Å². The van der Waals surface area contributed by atoms with Gasteiger partial charge in [-0.25, -0.2) is 9.37 Å². The highest BCUT2D eigenvalue weighted by Crippen LogP contribution is 2.44. The van der Waals surface area contributed by atoms with Crippen LogP contribution in [-0.2, 0) is 4.79 Å². The summed E-state index contributed by atoms with van der Waals surface area (Å²) in [5, 5.41) is 5.98. The third-order valence-corrected chi connectivity index (χ3v) is 5.45. The maximum absolute atomic E-state index is 15.0. The van der Waals surface area contributed by atoms with Gasteiger partial charge in [0.25, 0.3) is 5.91 Å². The normalized spacial score (nSPS) is 16.1. The van der Waals surface area contributed by atoms with E-state index in [1.54, 1.807) is 18.5 Å². The fourth-order valence-corrected chi connectivity index (χ4v) is 4.00. The zero-order chi connectivity index (χ0) is 20.1. The number of nitrogens with one attached hydrogen (secondary N) is 3. The van der Waals surface area contributed by atoms with Crippen molar-refractivity contribution in [3.8, 4) is 17.0 Å². The number of carbonyl (C=O) groups excluding carboxylic acids is 1. The van der Waals surface area contributed by atoms with Crippen molar-refractivity contribution in [1.29, 1.82) is 0 Å². The van der Waals surface area contributed by atoms with Crippen LogP contribution >= 0.6 is 0 Å². The molecule has 1 aromatic carbocycles. The molecule has 5 rings (SSSR count). The van der Waals surface area contributed by atoms with Crippen LogP contribution in [0.15, 0.2) is 30.6 Å². The molecule has 0 saturated heterocycles. The smallest absolute Gasteiger partial charge is 0.256 e. The molecule has 2 aliphatic rings. The van der Waals surface area contributed by atoms with Crippen LogP contribution in [0, 0.1) is 19.7 Å². The summed E-state index contributed by atoms with van der Waals surface area (Å²) in [7, 11) is 0. The second kappa shape index (κ2) is 6.48. The van der Waals surface area contributed by atoms with Gasteiger partial charge in [-0.1, -0.05) is 0 Å². The highest BCUT2D eigenvalue weighted by Gasteiger charge is 2.31. The number of anilines is 2. The Morgan fingerprint density at radius 1 is 1.21 bits per heavy atom. The molecule has 0 radical (unpaired) electrons. The van der Waals surface area contributed by atoms with E-state index < -0.39 is 5.82 Å². The van der Waals surface area contributed by atoms with Gasteiger partial charge in [-0.15, -0.1) is 0 Å². The van der Waals surface area contributed by atoms with Crippen LogP contribution < -0.4 is 15.4 Å². The fraction of sp³-hybridized carbons (Fsp3) is 0.182. The number of aromatic nitrogens is 2. The van der Waals surface area contributed by atoms with E-state index in [0.29, 0.717) is 35.7 Å². The second-order valence-electron chi connectivity index (χ2n) is 7.17. The molecule has 6 nitrogen and oxygen atoms in total. The molecule has 0 atom stereocenters. The van der Waals surface area contributed by atoms with E-state index in [2.05, 4.69) is 20.6 Å². The van der Waals surface area contributed by atoms with Crippen molar-refractivity contribution in [2.45, 2.75) is 13.8 Å². The minimum Gasteiger partial charge on any atom is -0.474 e. The Hall–Kier alpha value is -3.61. The van der Waals surface area contributed by atoms with Crippen LogP contribution in [-0.4, -0.2) is 29.0 Å². The topological polar surface area (TPSA) is 79.0 Å². The van der Waals surface area contributed by atoms with Crippen LogP contribution in [0.5, 0.6) is 5.88 Å². The molecule has 2 aliphatic heterocycles. The molecular formula is C22H19FN4O2. The highest BCUT2D eigenvalue weighted by molar-refractivity contribution is 6.35. The van der Waals surface area contributed by atoms with E-state index in [0.717, 1.165) is 28.1 Å². The molecular weight excluding hydrogens is 371 g/mol. The SMILES string of the molecule is Cc1c(-c2cc(F)c3c(c2C)C(=Cc2ccc[nH]2)C(=O)N3)cnc2c1NCCO2. The number of ether oxygens (including phenoxy) is 1. The number of nitrogens with zero attached hydrogens (tertiary/aromatic N) is 1. The van der Waals surface area contributed by atoms with Crippen molar-refractivity contribution in [3.05, 3.63) is 58.8 Å². The average Bonchev–Trinajstić information content (AvgIpc) is 3.35. The number of H-pyrrole nitrogens is 1. The second-order valence-corrected chi connectivity index (χ2v) is 7.17. The number of carbonyl (C=O) groups is 1.